The van der Waals surface area contributed by atoms with Gasteiger partial charge in [0.1, 0.15) is 12.2 Å². The van der Waals surface area contributed by atoms with Crippen LogP contribution < -0.4 is 5.32 Å². The molecule has 0 aliphatic carbocycles. The zero-order valence-electron chi connectivity index (χ0n) is 16.9. The Morgan fingerprint density at radius 3 is 2.66 bits per heavy atom. The fraction of sp³-hybridized carbons (Fsp3) is 0.409. The van der Waals surface area contributed by atoms with Crippen molar-refractivity contribution in [2.75, 3.05) is 19.6 Å². The lowest BCUT2D eigenvalue weighted by atomic mass is 10.1. The zero-order chi connectivity index (χ0) is 20.5. The molecule has 6 nitrogen and oxygen atoms in total. The van der Waals surface area contributed by atoms with E-state index in [0.29, 0.717) is 23.9 Å². The first-order chi connectivity index (χ1) is 14.0. The number of likely N-dealkylation sites (tertiary alicyclic amines) is 1. The molecule has 0 unspecified atom stereocenters. The van der Waals surface area contributed by atoms with Gasteiger partial charge in [-0.05, 0) is 50.0 Å². The van der Waals surface area contributed by atoms with E-state index in [4.69, 9.17) is 12.2 Å². The van der Waals surface area contributed by atoms with E-state index in [-0.39, 0.29) is 11.8 Å². The van der Waals surface area contributed by atoms with E-state index in [1.165, 1.54) is 5.56 Å². The molecule has 1 aromatic carbocycles. The van der Waals surface area contributed by atoms with Crippen molar-refractivity contribution in [1.82, 2.24) is 19.7 Å². The Balaban J connectivity index is 1.75. The van der Waals surface area contributed by atoms with Gasteiger partial charge >= 0.3 is 0 Å². The molecule has 2 amide bonds. The number of para-hydroxylation sites is 1. The van der Waals surface area contributed by atoms with Crippen LogP contribution in [0.3, 0.4) is 0 Å². The van der Waals surface area contributed by atoms with Gasteiger partial charge in [0, 0.05) is 36.8 Å². The van der Waals surface area contributed by atoms with Crippen LogP contribution in [0.5, 0.6) is 0 Å². The van der Waals surface area contributed by atoms with Crippen molar-refractivity contribution >= 4 is 46.1 Å². The largest absolute Gasteiger partial charge is 0.341 e. The number of aromatic nitrogens is 1. The summed E-state index contributed by atoms with van der Waals surface area (Å²) in [4.78, 5) is 28.9. The molecule has 2 fully saturated rings. The first-order valence-electron chi connectivity index (χ1n) is 10.3. The fourth-order valence-electron chi connectivity index (χ4n) is 4.22. The number of carbonyl (C=O) groups is 2. The third kappa shape index (κ3) is 3.55. The van der Waals surface area contributed by atoms with Gasteiger partial charge in [-0.25, -0.2) is 0 Å². The Hall–Kier alpha value is -2.67. The highest BCUT2D eigenvalue weighted by Gasteiger charge is 2.29. The molecule has 4 rings (SSSR count). The summed E-state index contributed by atoms with van der Waals surface area (Å²) in [6.45, 7) is 6.56. The van der Waals surface area contributed by atoms with Crippen LogP contribution in [-0.2, 0) is 22.6 Å². The Labute approximate surface area is 176 Å². The van der Waals surface area contributed by atoms with E-state index >= 15 is 0 Å². The normalized spacial score (nSPS) is 18.3. The minimum atomic E-state index is -0.113. The number of thiocarbonyl (C=S) groups is 1. The second-order valence-electron chi connectivity index (χ2n) is 7.50. The van der Waals surface area contributed by atoms with Crippen LogP contribution in [-0.4, -0.2) is 50.9 Å². The Morgan fingerprint density at radius 1 is 1.24 bits per heavy atom. The van der Waals surface area contributed by atoms with Crippen molar-refractivity contribution in [3.63, 3.8) is 0 Å². The lowest BCUT2D eigenvalue weighted by Crippen LogP contribution is -2.30. The molecular formula is C22H26N4O2S. The van der Waals surface area contributed by atoms with E-state index in [9.17, 15) is 9.59 Å². The van der Waals surface area contributed by atoms with Gasteiger partial charge in [-0.15, -0.1) is 0 Å². The number of hydrogen-bond acceptors (Lipinski definition) is 3. The molecule has 0 radical (unpaired) electrons. The minimum absolute atomic E-state index is 0.113. The summed E-state index contributed by atoms with van der Waals surface area (Å²) < 4.78 is 2.04. The molecule has 0 atom stereocenters. The highest BCUT2D eigenvalue weighted by molar-refractivity contribution is 7.80. The van der Waals surface area contributed by atoms with E-state index in [2.05, 4.69) is 18.3 Å². The molecule has 2 aliphatic heterocycles. The van der Waals surface area contributed by atoms with E-state index < -0.39 is 0 Å². The SMILES string of the molecule is CCc1cccc2c(C=C3NC(=S)N(CC)C3=O)cn(CC(=O)N3CCCC3)c12. The quantitative estimate of drug-likeness (QED) is 0.608. The van der Waals surface area contributed by atoms with Crippen molar-refractivity contribution in [1.29, 1.82) is 0 Å². The molecule has 0 spiro atoms. The van der Waals surface area contributed by atoms with Crippen molar-refractivity contribution in [2.45, 2.75) is 39.7 Å². The second-order valence-corrected chi connectivity index (χ2v) is 7.89. The average molecular weight is 411 g/mol. The summed E-state index contributed by atoms with van der Waals surface area (Å²) in [6, 6.07) is 6.18. The number of nitrogens with one attached hydrogen (secondary N) is 1. The minimum Gasteiger partial charge on any atom is -0.341 e. The number of rotatable bonds is 5. The van der Waals surface area contributed by atoms with Gasteiger partial charge in [0.05, 0.1) is 5.52 Å². The summed E-state index contributed by atoms with van der Waals surface area (Å²) in [5, 5.41) is 4.50. The van der Waals surface area contributed by atoms with Crippen LogP contribution >= 0.6 is 12.2 Å². The molecule has 3 heterocycles. The van der Waals surface area contributed by atoms with Crippen LogP contribution in [0.4, 0.5) is 0 Å². The van der Waals surface area contributed by atoms with E-state index in [1.54, 1.807) is 4.90 Å². The molecular weight excluding hydrogens is 384 g/mol. The number of nitrogens with zero attached hydrogens (tertiary/aromatic N) is 3. The zero-order valence-corrected chi connectivity index (χ0v) is 17.7. The van der Waals surface area contributed by atoms with Crippen molar-refractivity contribution in [3.8, 4) is 0 Å². The monoisotopic (exact) mass is 410 g/mol. The van der Waals surface area contributed by atoms with Crippen molar-refractivity contribution in [2.24, 2.45) is 0 Å². The maximum absolute atomic E-state index is 12.8. The third-order valence-electron chi connectivity index (χ3n) is 5.74. The van der Waals surface area contributed by atoms with Crippen LogP contribution in [0, 0.1) is 0 Å². The molecule has 152 valence electrons. The topological polar surface area (TPSA) is 57.6 Å². The maximum atomic E-state index is 12.8. The van der Waals surface area contributed by atoms with Crippen molar-refractivity contribution in [3.05, 3.63) is 41.2 Å². The number of fused-ring (bicyclic) bond motifs is 1. The van der Waals surface area contributed by atoms with Crippen LogP contribution in [0.2, 0.25) is 0 Å². The molecule has 0 bridgehead atoms. The number of hydrogen-bond donors (Lipinski definition) is 1. The molecule has 29 heavy (non-hydrogen) atoms. The second kappa shape index (κ2) is 7.99. The smallest absolute Gasteiger partial charge is 0.276 e. The van der Waals surface area contributed by atoms with Gasteiger partial charge in [0.25, 0.3) is 5.91 Å². The Morgan fingerprint density at radius 2 is 2.00 bits per heavy atom. The van der Waals surface area contributed by atoms with E-state index in [1.807, 2.05) is 40.8 Å². The van der Waals surface area contributed by atoms with E-state index in [0.717, 1.165) is 48.8 Å². The molecule has 2 aliphatic rings. The number of benzene rings is 1. The molecule has 2 saturated heterocycles. The number of amides is 2. The van der Waals surface area contributed by atoms with Crippen LogP contribution in [0.25, 0.3) is 17.0 Å². The van der Waals surface area contributed by atoms with Crippen LogP contribution in [0.15, 0.2) is 30.1 Å². The molecule has 1 N–H and O–H groups in total. The van der Waals surface area contributed by atoms with Gasteiger partial charge in [0.2, 0.25) is 5.91 Å². The summed E-state index contributed by atoms with van der Waals surface area (Å²) in [7, 11) is 0. The van der Waals surface area contributed by atoms with Gasteiger partial charge < -0.3 is 14.8 Å². The fourth-order valence-corrected chi connectivity index (χ4v) is 4.54. The third-order valence-corrected chi connectivity index (χ3v) is 6.06. The first kappa shape index (κ1) is 19.6. The lowest BCUT2D eigenvalue weighted by molar-refractivity contribution is -0.130. The first-order valence-corrected chi connectivity index (χ1v) is 10.7. The number of carbonyl (C=O) groups excluding carboxylic acids is 2. The summed E-state index contributed by atoms with van der Waals surface area (Å²) >= 11 is 5.27. The lowest BCUT2D eigenvalue weighted by Gasteiger charge is -2.16. The van der Waals surface area contributed by atoms with Gasteiger partial charge in [-0.3, -0.25) is 14.5 Å². The van der Waals surface area contributed by atoms with Gasteiger partial charge in [-0.2, -0.15) is 0 Å². The standard InChI is InChI=1S/C22H26N4O2S/c1-3-15-8-7-9-17-16(12-18-21(28)26(4-2)22(29)23-18)13-25(20(15)17)14-19(27)24-10-5-6-11-24/h7-9,12-13H,3-6,10-11,14H2,1-2H3,(H,23,29). The van der Waals surface area contributed by atoms with Gasteiger partial charge in [-0.1, -0.05) is 25.1 Å². The predicted molar refractivity (Wildman–Crippen MR) is 118 cm³/mol. The summed E-state index contributed by atoms with van der Waals surface area (Å²) in [5.41, 5.74) is 3.65. The number of likely N-dealkylation sites (N-methyl/N-ethyl adjacent to an activating group) is 1. The summed E-state index contributed by atoms with van der Waals surface area (Å²) in [6.07, 6.45) is 6.87. The maximum Gasteiger partial charge on any atom is 0.276 e. The molecule has 0 saturated carbocycles. The number of aryl methyl sites for hydroxylation is 1. The molecule has 2 aromatic rings. The summed E-state index contributed by atoms with van der Waals surface area (Å²) in [5.74, 6) is 0.0381. The Kier molecular flexibility index (Phi) is 5.41. The highest BCUT2D eigenvalue weighted by Crippen LogP contribution is 2.28. The highest BCUT2D eigenvalue weighted by atomic mass is 32.1. The molecule has 1 aromatic heterocycles. The average Bonchev–Trinajstić information content (AvgIpc) is 3.42. The van der Waals surface area contributed by atoms with Crippen LogP contribution in [0.1, 0.15) is 37.8 Å². The van der Waals surface area contributed by atoms with Crippen molar-refractivity contribution < 1.29 is 9.59 Å². The predicted octanol–water partition coefficient (Wildman–Crippen LogP) is 2.90. The molecule has 7 heteroatoms. The van der Waals surface area contributed by atoms with Gasteiger partial charge in [0.15, 0.2) is 5.11 Å². The Bertz CT molecular complexity index is 1020.